The van der Waals surface area contributed by atoms with E-state index in [1.165, 1.54) is 6.26 Å². The Morgan fingerprint density at radius 1 is 1.00 bits per heavy atom. The highest BCUT2D eigenvalue weighted by atomic mass is 79.9. The highest BCUT2D eigenvalue weighted by Crippen LogP contribution is 2.34. The monoisotopic (exact) mass is 507 g/mol. The molecule has 33 heavy (non-hydrogen) atoms. The van der Waals surface area contributed by atoms with E-state index in [9.17, 15) is 4.79 Å². The molecule has 0 radical (unpaired) electrons. The van der Waals surface area contributed by atoms with Gasteiger partial charge in [-0.15, -0.1) is 0 Å². The average Bonchev–Trinajstić information content (AvgIpc) is 2.85. The molecule has 1 aliphatic rings. The summed E-state index contributed by atoms with van der Waals surface area (Å²) in [6.07, 6.45) is 2.19. The molecule has 2 heterocycles. The Labute approximate surface area is 199 Å². The summed E-state index contributed by atoms with van der Waals surface area (Å²) in [5, 5.41) is 0.466. The van der Waals surface area contributed by atoms with Gasteiger partial charge in [-0.2, -0.15) is 0 Å². The number of para-hydroxylation sites is 2. The van der Waals surface area contributed by atoms with Crippen LogP contribution in [-0.2, 0) is 13.0 Å². The summed E-state index contributed by atoms with van der Waals surface area (Å²) in [5.74, 6) is 2.30. The van der Waals surface area contributed by atoms with E-state index < -0.39 is 0 Å². The van der Waals surface area contributed by atoms with E-state index in [0.717, 1.165) is 40.1 Å². The maximum absolute atomic E-state index is 13.1. The third kappa shape index (κ3) is 4.34. The summed E-state index contributed by atoms with van der Waals surface area (Å²) >= 11 is 3.44. The van der Waals surface area contributed by atoms with Crippen molar-refractivity contribution in [1.29, 1.82) is 0 Å². The van der Waals surface area contributed by atoms with Gasteiger partial charge in [0.2, 0.25) is 11.2 Å². The summed E-state index contributed by atoms with van der Waals surface area (Å²) in [6, 6.07) is 18.9. The van der Waals surface area contributed by atoms with Gasteiger partial charge in [0.15, 0.2) is 0 Å². The number of rotatable bonds is 6. The highest BCUT2D eigenvalue weighted by Gasteiger charge is 2.23. The van der Waals surface area contributed by atoms with Gasteiger partial charge in [-0.05, 0) is 58.2 Å². The van der Waals surface area contributed by atoms with Crippen LogP contribution in [0.1, 0.15) is 11.1 Å². The van der Waals surface area contributed by atoms with Crippen LogP contribution in [0.3, 0.4) is 0 Å². The maximum Gasteiger partial charge on any atom is 0.235 e. The molecular weight excluding hydrogens is 486 g/mol. The predicted molar refractivity (Wildman–Crippen MR) is 129 cm³/mol. The fourth-order valence-corrected chi connectivity index (χ4v) is 4.35. The zero-order valence-electron chi connectivity index (χ0n) is 18.0. The van der Waals surface area contributed by atoms with Crippen molar-refractivity contribution in [3.63, 3.8) is 0 Å². The van der Waals surface area contributed by atoms with Crippen molar-refractivity contribution in [2.45, 2.75) is 13.0 Å². The molecule has 0 aliphatic carbocycles. The summed E-state index contributed by atoms with van der Waals surface area (Å²) in [6.45, 7) is 1.87. The van der Waals surface area contributed by atoms with Gasteiger partial charge in [0.05, 0.1) is 22.5 Å². The molecule has 0 atom stereocenters. The molecule has 0 fully saturated rings. The summed E-state index contributed by atoms with van der Waals surface area (Å²) in [5.41, 5.74) is 2.31. The summed E-state index contributed by atoms with van der Waals surface area (Å²) in [4.78, 5) is 15.3. The molecule has 5 rings (SSSR count). The first-order chi connectivity index (χ1) is 16.1. The number of methoxy groups -OCH3 is 1. The van der Waals surface area contributed by atoms with E-state index in [1.807, 2.05) is 42.5 Å². The molecule has 3 aromatic carbocycles. The lowest BCUT2D eigenvalue weighted by Gasteiger charge is -2.29. The molecule has 0 unspecified atom stereocenters. The predicted octanol–water partition coefficient (Wildman–Crippen LogP) is 5.75. The van der Waals surface area contributed by atoms with Gasteiger partial charge in [-0.25, -0.2) is 0 Å². The molecule has 7 heteroatoms. The molecule has 0 spiro atoms. The number of hydrogen-bond donors (Lipinski definition) is 0. The van der Waals surface area contributed by atoms with Gasteiger partial charge < -0.3 is 18.6 Å². The van der Waals surface area contributed by atoms with Gasteiger partial charge >= 0.3 is 0 Å². The molecule has 0 amide bonds. The molecule has 6 nitrogen and oxygen atoms in total. The SMILES string of the molecule is COc1ccccc1CCN1COc2ccc3c(=O)c(Oc4ccccc4Br)coc3c2C1. The smallest absolute Gasteiger partial charge is 0.235 e. The van der Waals surface area contributed by atoms with Crippen molar-refractivity contribution >= 4 is 26.9 Å². The number of hydrogen-bond acceptors (Lipinski definition) is 6. The van der Waals surface area contributed by atoms with Crippen molar-refractivity contribution in [3.05, 3.63) is 92.7 Å². The lowest BCUT2D eigenvalue weighted by molar-refractivity contribution is 0.0966. The first-order valence-corrected chi connectivity index (χ1v) is 11.4. The topological polar surface area (TPSA) is 61.1 Å². The van der Waals surface area contributed by atoms with E-state index in [4.69, 9.17) is 18.6 Å². The normalized spacial score (nSPS) is 13.4. The second-order valence-electron chi connectivity index (χ2n) is 7.77. The fraction of sp³-hybridized carbons (Fsp3) is 0.192. The highest BCUT2D eigenvalue weighted by molar-refractivity contribution is 9.10. The van der Waals surface area contributed by atoms with Crippen LogP contribution < -0.4 is 19.6 Å². The van der Waals surface area contributed by atoms with Crippen LogP contribution in [0.2, 0.25) is 0 Å². The third-order valence-corrected chi connectivity index (χ3v) is 6.36. The molecule has 0 saturated carbocycles. The van der Waals surface area contributed by atoms with Gasteiger partial charge in [-0.1, -0.05) is 30.3 Å². The molecule has 0 N–H and O–H groups in total. The van der Waals surface area contributed by atoms with Crippen molar-refractivity contribution < 1.29 is 18.6 Å². The third-order valence-electron chi connectivity index (χ3n) is 5.70. The Hall–Kier alpha value is -3.29. The Morgan fingerprint density at radius 2 is 1.79 bits per heavy atom. The largest absolute Gasteiger partial charge is 0.496 e. The van der Waals surface area contributed by atoms with Gasteiger partial charge in [-0.3, -0.25) is 9.69 Å². The standard InChI is InChI=1S/C26H22BrNO5/c1-30-21-8-4-2-6-17(21)12-13-28-14-19-22(32-16-28)11-10-18-25(29)24(15-31-26(18)19)33-23-9-5-3-7-20(23)27/h2-11,15H,12-14,16H2,1H3. The maximum atomic E-state index is 13.1. The van der Waals surface area contributed by atoms with E-state index in [0.29, 0.717) is 30.0 Å². The molecule has 1 aromatic heterocycles. The van der Waals surface area contributed by atoms with Gasteiger partial charge in [0, 0.05) is 13.1 Å². The van der Waals surface area contributed by atoms with Crippen molar-refractivity contribution in [2.24, 2.45) is 0 Å². The molecule has 1 aliphatic heterocycles. The number of halogens is 1. The Balaban J connectivity index is 1.40. The summed E-state index contributed by atoms with van der Waals surface area (Å²) in [7, 11) is 1.68. The number of benzene rings is 3. The minimum absolute atomic E-state index is 0.138. The Morgan fingerprint density at radius 3 is 2.61 bits per heavy atom. The second kappa shape index (κ2) is 9.29. The van der Waals surface area contributed by atoms with Crippen LogP contribution in [-0.4, -0.2) is 25.3 Å². The van der Waals surface area contributed by atoms with Crippen molar-refractivity contribution in [1.82, 2.24) is 4.90 Å². The fourth-order valence-electron chi connectivity index (χ4n) is 3.98. The zero-order chi connectivity index (χ0) is 22.8. The molecular formula is C26H22BrNO5. The molecule has 4 aromatic rings. The quantitative estimate of drug-likeness (QED) is 0.331. The Kier molecular flexibility index (Phi) is 6.07. The average molecular weight is 508 g/mol. The minimum atomic E-state index is -0.221. The van der Waals surface area contributed by atoms with E-state index in [1.54, 1.807) is 19.2 Å². The van der Waals surface area contributed by atoms with E-state index in [2.05, 4.69) is 26.9 Å². The number of nitrogens with zero attached hydrogens (tertiary/aromatic N) is 1. The number of fused-ring (bicyclic) bond motifs is 3. The van der Waals surface area contributed by atoms with Crippen molar-refractivity contribution in [3.8, 4) is 23.0 Å². The zero-order valence-corrected chi connectivity index (χ0v) is 19.6. The van der Waals surface area contributed by atoms with E-state index in [-0.39, 0.29) is 11.2 Å². The second-order valence-corrected chi connectivity index (χ2v) is 8.62. The van der Waals surface area contributed by atoms with Crippen LogP contribution >= 0.6 is 15.9 Å². The van der Waals surface area contributed by atoms with Crippen LogP contribution in [0.25, 0.3) is 11.0 Å². The Bertz CT molecular complexity index is 1370. The summed E-state index contributed by atoms with van der Waals surface area (Å²) < 4.78 is 23.9. The minimum Gasteiger partial charge on any atom is -0.496 e. The van der Waals surface area contributed by atoms with Crippen LogP contribution in [0.5, 0.6) is 23.0 Å². The molecule has 168 valence electrons. The van der Waals surface area contributed by atoms with Crippen LogP contribution in [0.4, 0.5) is 0 Å². The van der Waals surface area contributed by atoms with E-state index >= 15 is 0 Å². The lowest BCUT2D eigenvalue weighted by Crippen LogP contribution is -2.33. The van der Waals surface area contributed by atoms with Crippen LogP contribution in [0.15, 0.2) is 80.6 Å². The molecule has 0 bridgehead atoms. The number of ether oxygens (including phenoxy) is 3. The first kappa shape index (κ1) is 21.6. The first-order valence-electron chi connectivity index (χ1n) is 10.6. The van der Waals surface area contributed by atoms with Crippen LogP contribution in [0, 0.1) is 0 Å². The van der Waals surface area contributed by atoms with Crippen molar-refractivity contribution in [2.75, 3.05) is 20.4 Å². The van der Waals surface area contributed by atoms with Gasteiger partial charge in [0.25, 0.3) is 0 Å². The molecule has 0 saturated heterocycles. The van der Waals surface area contributed by atoms with Gasteiger partial charge in [0.1, 0.15) is 35.8 Å². The lowest BCUT2D eigenvalue weighted by atomic mass is 10.1.